The highest BCUT2D eigenvalue weighted by Gasteiger charge is 2.18. The topological polar surface area (TPSA) is 53.1 Å². The lowest BCUT2D eigenvalue weighted by molar-refractivity contribution is 0.233. The fourth-order valence-electron chi connectivity index (χ4n) is 3.45. The van der Waals surface area contributed by atoms with Crippen LogP contribution in [0.1, 0.15) is 71.8 Å². The lowest BCUT2D eigenvalue weighted by atomic mass is 10.1. The lowest BCUT2D eigenvalue weighted by Gasteiger charge is -2.18. The van der Waals surface area contributed by atoms with Gasteiger partial charge < -0.3 is 15.0 Å². The zero-order valence-corrected chi connectivity index (χ0v) is 18.2. The van der Waals surface area contributed by atoms with E-state index in [2.05, 4.69) is 56.6 Å². The maximum absolute atomic E-state index is 6.54. The van der Waals surface area contributed by atoms with Crippen LogP contribution in [-0.2, 0) is 11.2 Å². The average molecular weight is 382 g/mol. The number of nitrogens with zero attached hydrogens (tertiary/aromatic N) is 2. The van der Waals surface area contributed by atoms with Crippen LogP contribution in [-0.4, -0.2) is 16.2 Å². The first-order valence-electron chi connectivity index (χ1n) is 10.5. The number of fused-ring (bicyclic) bond motifs is 1. The normalized spacial score (nSPS) is 14.2. The Morgan fingerprint density at radius 1 is 1.21 bits per heavy atom. The van der Waals surface area contributed by atoms with Crippen LogP contribution in [0.15, 0.2) is 42.2 Å². The molecular weight excluding hydrogens is 346 g/mol. The van der Waals surface area contributed by atoms with Crippen LogP contribution in [0.25, 0.3) is 16.6 Å². The van der Waals surface area contributed by atoms with Crippen molar-refractivity contribution in [3.05, 3.63) is 53.6 Å². The fourth-order valence-corrected chi connectivity index (χ4v) is 3.45. The van der Waals surface area contributed by atoms with E-state index in [4.69, 9.17) is 15.5 Å². The Morgan fingerprint density at radius 3 is 2.57 bits per heavy atom. The molecule has 0 radical (unpaired) electrons. The summed E-state index contributed by atoms with van der Waals surface area (Å²) in [5.74, 6) is 0.854. The monoisotopic (exact) mass is 381 g/mol. The van der Waals surface area contributed by atoms with Gasteiger partial charge >= 0.3 is 0 Å². The molecule has 2 aromatic heterocycles. The first kappa shape index (κ1) is 21.8. The van der Waals surface area contributed by atoms with Crippen molar-refractivity contribution in [1.82, 2.24) is 9.55 Å². The number of hydrogen-bond donors (Lipinski definition) is 1. The Morgan fingerprint density at radius 2 is 1.96 bits per heavy atom. The smallest absolute Gasteiger partial charge is 0.102 e. The number of nitrogen functional groups attached to an aromatic ring is 1. The van der Waals surface area contributed by atoms with E-state index in [1.54, 1.807) is 0 Å². The summed E-state index contributed by atoms with van der Waals surface area (Å²) in [6, 6.07) is 4.55. The van der Waals surface area contributed by atoms with Crippen molar-refractivity contribution in [3.8, 4) is 0 Å². The number of aromatic nitrogens is 2. The van der Waals surface area contributed by atoms with Gasteiger partial charge in [0.25, 0.3) is 0 Å². The molecule has 0 aromatic carbocycles. The molecular formula is C24H35N3O. The van der Waals surface area contributed by atoms with Gasteiger partial charge in [-0.05, 0) is 58.2 Å². The minimum Gasteiger partial charge on any atom is -0.498 e. The van der Waals surface area contributed by atoms with Crippen LogP contribution >= 0.6 is 0 Å². The van der Waals surface area contributed by atoms with E-state index in [0.29, 0.717) is 12.6 Å². The molecule has 0 bridgehead atoms. The molecule has 4 heteroatoms. The van der Waals surface area contributed by atoms with E-state index in [0.717, 1.165) is 53.0 Å². The summed E-state index contributed by atoms with van der Waals surface area (Å²) < 4.78 is 8.14. The number of pyridine rings is 1. The number of allylic oxidation sites excluding steroid dienone is 6. The Labute approximate surface area is 169 Å². The van der Waals surface area contributed by atoms with E-state index >= 15 is 0 Å². The van der Waals surface area contributed by atoms with Gasteiger partial charge in [0.05, 0.1) is 29.0 Å². The van der Waals surface area contributed by atoms with Crippen molar-refractivity contribution < 1.29 is 4.74 Å². The Balaban J connectivity index is 2.66. The molecule has 2 N–H and O–H groups in total. The van der Waals surface area contributed by atoms with Crippen molar-refractivity contribution >= 4 is 22.3 Å². The van der Waals surface area contributed by atoms with Gasteiger partial charge in [0.15, 0.2) is 0 Å². The molecule has 0 fully saturated rings. The predicted molar refractivity (Wildman–Crippen MR) is 121 cm³/mol. The van der Waals surface area contributed by atoms with E-state index in [9.17, 15) is 0 Å². The van der Waals surface area contributed by atoms with E-state index in [1.165, 1.54) is 5.69 Å². The van der Waals surface area contributed by atoms with E-state index in [1.807, 2.05) is 26.0 Å². The van der Waals surface area contributed by atoms with Gasteiger partial charge in [-0.3, -0.25) is 0 Å². The van der Waals surface area contributed by atoms with Gasteiger partial charge in [-0.15, -0.1) is 0 Å². The minimum absolute atomic E-state index is 0.390. The molecule has 152 valence electrons. The van der Waals surface area contributed by atoms with Gasteiger partial charge in [0.1, 0.15) is 5.76 Å². The fraction of sp³-hybridized carbons (Fsp3) is 0.458. The average Bonchev–Trinajstić information content (AvgIpc) is 3.06. The van der Waals surface area contributed by atoms with Crippen LogP contribution in [0.2, 0.25) is 0 Å². The first-order chi connectivity index (χ1) is 13.5. The summed E-state index contributed by atoms with van der Waals surface area (Å²) in [4.78, 5) is 4.97. The molecule has 0 saturated carbocycles. The zero-order valence-electron chi connectivity index (χ0n) is 18.2. The molecule has 0 aliphatic heterocycles. The number of rotatable bonds is 9. The maximum atomic E-state index is 6.54. The molecule has 0 spiro atoms. The largest absolute Gasteiger partial charge is 0.498 e. The molecule has 0 saturated heterocycles. The second kappa shape index (κ2) is 10.2. The summed E-state index contributed by atoms with van der Waals surface area (Å²) in [6.07, 6.45) is 11.3. The van der Waals surface area contributed by atoms with Gasteiger partial charge in [-0.1, -0.05) is 39.0 Å². The first-order valence-corrected chi connectivity index (χ1v) is 10.5. The lowest BCUT2D eigenvalue weighted by Crippen LogP contribution is -2.09. The van der Waals surface area contributed by atoms with Crippen LogP contribution in [0, 0.1) is 0 Å². The van der Waals surface area contributed by atoms with Crippen LogP contribution in [0.3, 0.4) is 0 Å². The standard InChI is InChI=1S/C24H35N3O/c1-7-11-12-13-14-20(18(6)28-10-4)22-16-21(25)24-23(26-22)15-19(9-3)27(24)17(5)8-2/h11-17H,7-10H2,1-6H3,(H2,25,26)/b12-11+,14-13-,20-18-. The number of anilines is 1. The van der Waals surface area contributed by atoms with Crippen LogP contribution in [0.4, 0.5) is 5.69 Å². The molecule has 0 aliphatic carbocycles. The molecule has 1 atom stereocenters. The van der Waals surface area contributed by atoms with Crippen molar-refractivity contribution in [2.45, 2.75) is 66.8 Å². The van der Waals surface area contributed by atoms with Gasteiger partial charge in [-0.2, -0.15) is 0 Å². The second-order valence-electron chi connectivity index (χ2n) is 7.05. The summed E-state index contributed by atoms with van der Waals surface area (Å²) in [5, 5.41) is 0. The van der Waals surface area contributed by atoms with E-state index < -0.39 is 0 Å². The number of hydrogen-bond acceptors (Lipinski definition) is 3. The molecule has 2 heterocycles. The maximum Gasteiger partial charge on any atom is 0.102 e. The van der Waals surface area contributed by atoms with Gasteiger partial charge in [-0.25, -0.2) is 4.98 Å². The molecule has 28 heavy (non-hydrogen) atoms. The van der Waals surface area contributed by atoms with Crippen LogP contribution in [0.5, 0.6) is 0 Å². The summed E-state index contributed by atoms with van der Waals surface area (Å²) in [6.45, 7) is 13.3. The third kappa shape index (κ3) is 4.67. The van der Waals surface area contributed by atoms with Crippen molar-refractivity contribution in [1.29, 1.82) is 0 Å². The highest BCUT2D eigenvalue weighted by Crippen LogP contribution is 2.32. The number of nitrogens with two attached hydrogens (primary N) is 1. The highest BCUT2D eigenvalue weighted by molar-refractivity contribution is 5.91. The molecule has 4 nitrogen and oxygen atoms in total. The Kier molecular flexibility index (Phi) is 7.91. The molecule has 2 rings (SSSR count). The molecule has 1 unspecified atom stereocenters. The van der Waals surface area contributed by atoms with Gasteiger partial charge in [0, 0.05) is 17.3 Å². The number of ether oxygens (including phenoxy) is 1. The molecule has 0 aliphatic rings. The third-order valence-electron chi connectivity index (χ3n) is 5.06. The van der Waals surface area contributed by atoms with E-state index in [-0.39, 0.29) is 0 Å². The highest BCUT2D eigenvalue weighted by atomic mass is 16.5. The number of aryl methyl sites for hydroxylation is 1. The Hall–Kier alpha value is -2.49. The molecule has 2 aromatic rings. The summed E-state index contributed by atoms with van der Waals surface area (Å²) in [7, 11) is 0. The SMILES string of the molecule is CC/C=C/C=C\C(=C(/C)OCC)c1cc(N)c2c(cc(CC)n2C(C)CC)n1. The summed E-state index contributed by atoms with van der Waals surface area (Å²) >= 11 is 0. The predicted octanol–water partition coefficient (Wildman–Crippen LogP) is 6.44. The summed E-state index contributed by atoms with van der Waals surface area (Å²) in [5.41, 5.74) is 12.4. The Bertz CT molecular complexity index is 887. The van der Waals surface area contributed by atoms with Crippen molar-refractivity contribution in [3.63, 3.8) is 0 Å². The van der Waals surface area contributed by atoms with Gasteiger partial charge in [0.2, 0.25) is 0 Å². The second-order valence-corrected chi connectivity index (χ2v) is 7.05. The zero-order chi connectivity index (χ0) is 20.7. The molecule has 0 amide bonds. The van der Waals surface area contributed by atoms with Crippen molar-refractivity contribution in [2.75, 3.05) is 12.3 Å². The minimum atomic E-state index is 0.390. The third-order valence-corrected chi connectivity index (χ3v) is 5.06. The van der Waals surface area contributed by atoms with Crippen LogP contribution < -0.4 is 5.73 Å². The quantitative estimate of drug-likeness (QED) is 0.401. The van der Waals surface area contributed by atoms with Crippen molar-refractivity contribution in [2.24, 2.45) is 0 Å².